The number of fused-ring (bicyclic) bond motifs is 1. The van der Waals surface area contributed by atoms with Crippen LogP contribution in [0.4, 0.5) is 5.82 Å². The van der Waals surface area contributed by atoms with Gasteiger partial charge in [-0.05, 0) is 73.3 Å². The summed E-state index contributed by atoms with van der Waals surface area (Å²) >= 11 is 0. The second kappa shape index (κ2) is 16.2. The second-order valence-electron chi connectivity index (χ2n) is 14.0. The summed E-state index contributed by atoms with van der Waals surface area (Å²) < 4.78 is 27.1. The standard InChI is InChI=1S/C16H25NO2S.C11H13N3.C10H20/c1-5-14-7-6-12-17(14)20(18,19)15-10-8-13(9-11-15)16(2,3)4;1-8-12-10-7-5-4-6-9(10)11(13-8)14(2)3;1-3-4-10-7-5-9(2)6-8-10/h8-11,14H,5-7,12H2,1-4H3;4-7H,1-3H3;9-10H,3-8H2,1-2H3. The molecule has 7 heteroatoms. The van der Waals surface area contributed by atoms with Crippen molar-refractivity contribution in [2.45, 2.75) is 123 Å². The summed E-state index contributed by atoms with van der Waals surface area (Å²) in [7, 11) is 0.660. The Kier molecular flexibility index (Phi) is 13.2. The van der Waals surface area contributed by atoms with E-state index in [0.717, 1.165) is 59.2 Å². The van der Waals surface area contributed by atoms with Crippen LogP contribution in [-0.2, 0) is 15.4 Å². The van der Waals surface area contributed by atoms with E-state index in [2.05, 4.69) is 51.5 Å². The van der Waals surface area contributed by atoms with Gasteiger partial charge in [-0.3, -0.25) is 0 Å². The minimum absolute atomic E-state index is 0.0435. The topological polar surface area (TPSA) is 66.4 Å². The molecule has 44 heavy (non-hydrogen) atoms. The van der Waals surface area contributed by atoms with E-state index in [1.807, 2.05) is 62.3 Å². The molecule has 1 saturated carbocycles. The Labute approximate surface area is 268 Å². The highest BCUT2D eigenvalue weighted by atomic mass is 32.2. The largest absolute Gasteiger partial charge is 0.362 e. The van der Waals surface area contributed by atoms with Gasteiger partial charge in [0.1, 0.15) is 11.6 Å². The zero-order valence-electron chi connectivity index (χ0n) is 28.9. The van der Waals surface area contributed by atoms with Crippen molar-refractivity contribution in [2.75, 3.05) is 25.5 Å². The average molecular weight is 623 g/mol. The molecule has 1 aliphatic carbocycles. The lowest BCUT2D eigenvalue weighted by Crippen LogP contribution is -2.35. The fraction of sp³-hybridized carbons (Fsp3) is 0.622. The maximum atomic E-state index is 12.7. The first-order valence-corrected chi connectivity index (χ1v) is 18.2. The highest BCUT2D eigenvalue weighted by molar-refractivity contribution is 7.89. The molecule has 0 amide bonds. The van der Waals surface area contributed by atoms with Crippen LogP contribution in [0.15, 0.2) is 53.4 Å². The Balaban J connectivity index is 0.000000192. The van der Waals surface area contributed by atoms with E-state index in [0.29, 0.717) is 11.4 Å². The highest BCUT2D eigenvalue weighted by Gasteiger charge is 2.34. The molecule has 5 rings (SSSR count). The Bertz CT molecular complexity index is 1410. The number of para-hydroxylation sites is 1. The molecule has 6 nitrogen and oxygen atoms in total. The molecule has 2 heterocycles. The van der Waals surface area contributed by atoms with Crippen molar-refractivity contribution in [1.29, 1.82) is 0 Å². The molecule has 1 aromatic heterocycles. The number of rotatable bonds is 6. The van der Waals surface area contributed by atoms with E-state index in [-0.39, 0.29) is 11.5 Å². The van der Waals surface area contributed by atoms with Gasteiger partial charge in [0.25, 0.3) is 0 Å². The zero-order valence-corrected chi connectivity index (χ0v) is 29.8. The lowest BCUT2D eigenvalue weighted by molar-refractivity contribution is 0.276. The van der Waals surface area contributed by atoms with Gasteiger partial charge in [-0.2, -0.15) is 4.31 Å². The van der Waals surface area contributed by atoms with E-state index >= 15 is 0 Å². The van der Waals surface area contributed by atoms with Gasteiger partial charge in [-0.1, -0.05) is 104 Å². The molecule has 0 radical (unpaired) electrons. The van der Waals surface area contributed by atoms with Gasteiger partial charge < -0.3 is 4.90 Å². The maximum absolute atomic E-state index is 12.7. The molecule has 3 aromatic rings. The number of benzene rings is 2. The maximum Gasteiger partial charge on any atom is 0.243 e. The van der Waals surface area contributed by atoms with Crippen molar-refractivity contribution in [3.05, 3.63) is 59.9 Å². The number of aryl methyl sites for hydroxylation is 1. The van der Waals surface area contributed by atoms with Crippen molar-refractivity contribution < 1.29 is 8.42 Å². The summed E-state index contributed by atoms with van der Waals surface area (Å²) in [5.74, 6) is 3.90. The Morgan fingerprint density at radius 1 is 0.909 bits per heavy atom. The molecule has 1 aliphatic heterocycles. The molecular formula is C37H58N4O2S. The van der Waals surface area contributed by atoms with E-state index in [1.54, 1.807) is 16.4 Å². The average Bonchev–Trinajstić information content (AvgIpc) is 3.48. The lowest BCUT2D eigenvalue weighted by atomic mass is 9.81. The van der Waals surface area contributed by atoms with Crippen LogP contribution in [0.3, 0.4) is 0 Å². The number of sulfonamides is 1. The van der Waals surface area contributed by atoms with Crippen LogP contribution in [0, 0.1) is 18.8 Å². The first kappa shape index (κ1) is 36.0. The van der Waals surface area contributed by atoms with Gasteiger partial charge in [0, 0.05) is 32.1 Å². The Morgan fingerprint density at radius 2 is 1.55 bits per heavy atom. The number of hydrogen-bond donors (Lipinski definition) is 0. The van der Waals surface area contributed by atoms with Crippen molar-refractivity contribution in [3.8, 4) is 0 Å². The van der Waals surface area contributed by atoms with Gasteiger partial charge in [0.05, 0.1) is 10.4 Å². The Morgan fingerprint density at radius 3 is 2.11 bits per heavy atom. The molecule has 244 valence electrons. The van der Waals surface area contributed by atoms with Crippen LogP contribution < -0.4 is 4.90 Å². The van der Waals surface area contributed by atoms with Gasteiger partial charge in [-0.25, -0.2) is 18.4 Å². The first-order valence-electron chi connectivity index (χ1n) is 16.8. The zero-order chi connectivity index (χ0) is 32.5. The van der Waals surface area contributed by atoms with Crippen LogP contribution in [0.5, 0.6) is 0 Å². The van der Waals surface area contributed by atoms with Crippen LogP contribution in [-0.4, -0.2) is 49.4 Å². The van der Waals surface area contributed by atoms with Crippen molar-refractivity contribution >= 4 is 26.7 Å². The number of anilines is 1. The lowest BCUT2D eigenvalue weighted by Gasteiger charge is -2.25. The SMILES string of the molecule is CCC1CCCN1S(=O)(=O)c1ccc(C(C)(C)C)cc1.CCCC1CCC(C)CC1.Cc1nc(N(C)C)c2ccccc2n1. The predicted octanol–water partition coefficient (Wildman–Crippen LogP) is 9.16. The quantitative estimate of drug-likeness (QED) is 0.274. The van der Waals surface area contributed by atoms with Crippen molar-refractivity contribution in [3.63, 3.8) is 0 Å². The van der Waals surface area contributed by atoms with Gasteiger partial charge >= 0.3 is 0 Å². The minimum Gasteiger partial charge on any atom is -0.362 e. The van der Waals surface area contributed by atoms with Crippen LogP contribution in [0.1, 0.15) is 111 Å². The van der Waals surface area contributed by atoms with Crippen molar-refractivity contribution in [1.82, 2.24) is 14.3 Å². The molecule has 0 spiro atoms. The van der Waals surface area contributed by atoms with Gasteiger partial charge in [0.2, 0.25) is 10.0 Å². The summed E-state index contributed by atoms with van der Waals surface area (Å²) in [4.78, 5) is 11.2. The summed E-state index contributed by atoms with van der Waals surface area (Å²) in [5, 5.41) is 1.10. The van der Waals surface area contributed by atoms with E-state index in [4.69, 9.17) is 0 Å². The molecule has 0 N–H and O–H groups in total. The highest BCUT2D eigenvalue weighted by Crippen LogP contribution is 2.31. The molecule has 1 saturated heterocycles. The normalized spacial score (nSPS) is 20.8. The smallest absolute Gasteiger partial charge is 0.243 e. The summed E-state index contributed by atoms with van der Waals surface area (Å²) in [5.41, 5.74) is 2.20. The third-order valence-corrected chi connectivity index (χ3v) is 11.0. The van der Waals surface area contributed by atoms with Gasteiger partial charge in [0.15, 0.2) is 0 Å². The number of hydrogen-bond acceptors (Lipinski definition) is 5. The molecule has 2 fully saturated rings. The first-order chi connectivity index (χ1) is 20.8. The fourth-order valence-corrected chi connectivity index (χ4v) is 8.10. The monoisotopic (exact) mass is 622 g/mol. The van der Waals surface area contributed by atoms with Crippen molar-refractivity contribution in [2.24, 2.45) is 11.8 Å². The third-order valence-electron chi connectivity index (χ3n) is 9.07. The van der Waals surface area contributed by atoms with E-state index < -0.39 is 10.0 Å². The molecule has 2 aliphatic rings. The van der Waals surface area contributed by atoms with Crippen LogP contribution >= 0.6 is 0 Å². The molecule has 0 bridgehead atoms. The predicted molar refractivity (Wildman–Crippen MR) is 187 cm³/mol. The molecular weight excluding hydrogens is 565 g/mol. The summed E-state index contributed by atoms with van der Waals surface area (Å²) in [6.07, 6.45) is 11.7. The van der Waals surface area contributed by atoms with E-state index in [1.165, 1.54) is 38.5 Å². The summed E-state index contributed by atoms with van der Waals surface area (Å²) in [6, 6.07) is 15.6. The molecule has 1 atom stereocenters. The minimum atomic E-state index is -3.33. The fourth-order valence-electron chi connectivity index (χ4n) is 6.34. The number of nitrogens with zero attached hydrogens (tertiary/aromatic N) is 4. The number of aromatic nitrogens is 2. The van der Waals surface area contributed by atoms with Crippen LogP contribution in [0.2, 0.25) is 0 Å². The molecule has 1 unspecified atom stereocenters. The Hall–Kier alpha value is -2.51. The second-order valence-corrected chi connectivity index (χ2v) is 15.9. The third kappa shape index (κ3) is 9.74. The van der Waals surface area contributed by atoms with E-state index in [9.17, 15) is 8.42 Å². The summed E-state index contributed by atoms with van der Waals surface area (Å²) in [6.45, 7) is 15.7. The molecule has 2 aromatic carbocycles. The van der Waals surface area contributed by atoms with Crippen LogP contribution in [0.25, 0.3) is 10.9 Å². The van der Waals surface area contributed by atoms with Gasteiger partial charge in [-0.15, -0.1) is 0 Å².